The number of fused-ring (bicyclic) bond motifs is 1. The molecule has 1 aliphatic carbocycles. The molecule has 0 heterocycles. The lowest BCUT2D eigenvalue weighted by Gasteiger charge is -2.17. The van der Waals surface area contributed by atoms with Gasteiger partial charge in [-0.05, 0) is 36.0 Å². The van der Waals surface area contributed by atoms with Gasteiger partial charge in [-0.25, -0.2) is 0 Å². The maximum absolute atomic E-state index is 11.3. The predicted molar refractivity (Wildman–Crippen MR) is 74.0 cm³/mol. The van der Waals surface area contributed by atoms with Gasteiger partial charge in [-0.3, -0.25) is 4.79 Å². The number of aryl methyl sites for hydroxylation is 1. The SMILES string of the molecule is NCCC(=O)NCCC1=CCCc2ccccc21. The number of benzene rings is 1. The summed E-state index contributed by atoms with van der Waals surface area (Å²) >= 11 is 0. The Morgan fingerprint density at radius 1 is 1.33 bits per heavy atom. The molecule has 0 spiro atoms. The smallest absolute Gasteiger partial charge is 0.221 e. The van der Waals surface area contributed by atoms with Crippen LogP contribution < -0.4 is 11.1 Å². The van der Waals surface area contributed by atoms with Crippen molar-refractivity contribution in [2.24, 2.45) is 5.73 Å². The van der Waals surface area contributed by atoms with Crippen LogP contribution in [-0.2, 0) is 11.2 Å². The van der Waals surface area contributed by atoms with Crippen LogP contribution in [0.15, 0.2) is 30.3 Å². The number of nitrogens with one attached hydrogen (secondary N) is 1. The summed E-state index contributed by atoms with van der Waals surface area (Å²) in [6, 6.07) is 8.52. The molecule has 1 aliphatic rings. The molecular weight excluding hydrogens is 224 g/mol. The van der Waals surface area contributed by atoms with Crippen molar-refractivity contribution in [1.29, 1.82) is 0 Å². The third-order valence-electron chi connectivity index (χ3n) is 3.26. The van der Waals surface area contributed by atoms with E-state index in [9.17, 15) is 4.79 Å². The van der Waals surface area contributed by atoms with E-state index in [1.807, 2.05) is 0 Å². The van der Waals surface area contributed by atoms with Gasteiger partial charge >= 0.3 is 0 Å². The highest BCUT2D eigenvalue weighted by Crippen LogP contribution is 2.27. The standard InChI is InChI=1S/C15H20N2O/c16-10-8-15(18)17-11-9-13-6-3-5-12-4-1-2-7-14(12)13/h1-2,4,6-7H,3,5,8-11,16H2,(H,17,18). The number of hydrogen-bond donors (Lipinski definition) is 2. The fourth-order valence-corrected chi connectivity index (χ4v) is 2.36. The van der Waals surface area contributed by atoms with Crippen molar-refractivity contribution in [1.82, 2.24) is 5.32 Å². The molecule has 0 bridgehead atoms. The van der Waals surface area contributed by atoms with E-state index in [1.54, 1.807) is 0 Å². The number of amides is 1. The van der Waals surface area contributed by atoms with Crippen LogP contribution in [0.1, 0.15) is 30.4 Å². The number of rotatable bonds is 5. The summed E-state index contributed by atoms with van der Waals surface area (Å²) < 4.78 is 0. The van der Waals surface area contributed by atoms with Gasteiger partial charge in [0.15, 0.2) is 0 Å². The average Bonchev–Trinajstić information content (AvgIpc) is 2.39. The summed E-state index contributed by atoms with van der Waals surface area (Å²) in [6.45, 7) is 1.11. The van der Waals surface area contributed by atoms with Gasteiger partial charge in [-0.2, -0.15) is 0 Å². The van der Waals surface area contributed by atoms with Crippen molar-refractivity contribution in [2.45, 2.75) is 25.7 Å². The number of carbonyl (C=O) groups excluding carboxylic acids is 1. The van der Waals surface area contributed by atoms with Gasteiger partial charge in [-0.1, -0.05) is 30.3 Å². The molecule has 3 N–H and O–H groups in total. The van der Waals surface area contributed by atoms with Crippen LogP contribution in [0.4, 0.5) is 0 Å². The summed E-state index contributed by atoms with van der Waals surface area (Å²) in [6.07, 6.45) is 5.82. The van der Waals surface area contributed by atoms with Crippen molar-refractivity contribution >= 4 is 11.5 Å². The number of hydrogen-bond acceptors (Lipinski definition) is 2. The molecule has 96 valence electrons. The minimum Gasteiger partial charge on any atom is -0.356 e. The van der Waals surface area contributed by atoms with Gasteiger partial charge in [0.05, 0.1) is 0 Å². The van der Waals surface area contributed by atoms with Crippen LogP contribution in [0.5, 0.6) is 0 Å². The fourth-order valence-electron chi connectivity index (χ4n) is 2.36. The molecule has 0 aliphatic heterocycles. The van der Waals surface area contributed by atoms with Crippen LogP contribution >= 0.6 is 0 Å². The summed E-state index contributed by atoms with van der Waals surface area (Å²) in [5, 5.41) is 2.90. The van der Waals surface area contributed by atoms with Gasteiger partial charge in [0.25, 0.3) is 0 Å². The summed E-state index contributed by atoms with van der Waals surface area (Å²) in [5.41, 5.74) is 9.45. The third kappa shape index (κ3) is 3.20. The first-order valence-corrected chi connectivity index (χ1v) is 6.55. The highest BCUT2D eigenvalue weighted by molar-refractivity contribution is 5.76. The molecule has 0 atom stereocenters. The highest BCUT2D eigenvalue weighted by Gasteiger charge is 2.11. The minimum atomic E-state index is 0.0437. The quantitative estimate of drug-likeness (QED) is 0.830. The van der Waals surface area contributed by atoms with Crippen LogP contribution in [-0.4, -0.2) is 19.0 Å². The first-order chi connectivity index (χ1) is 8.81. The van der Waals surface area contributed by atoms with Gasteiger partial charge < -0.3 is 11.1 Å². The van der Waals surface area contributed by atoms with E-state index < -0.39 is 0 Å². The molecule has 18 heavy (non-hydrogen) atoms. The topological polar surface area (TPSA) is 55.1 Å². The van der Waals surface area contributed by atoms with Gasteiger partial charge in [0, 0.05) is 19.5 Å². The number of carbonyl (C=O) groups is 1. The Morgan fingerprint density at radius 3 is 3.00 bits per heavy atom. The first-order valence-electron chi connectivity index (χ1n) is 6.55. The van der Waals surface area contributed by atoms with Crippen LogP contribution in [0.25, 0.3) is 5.57 Å². The number of nitrogens with two attached hydrogens (primary N) is 1. The molecule has 3 heteroatoms. The molecule has 0 radical (unpaired) electrons. The number of allylic oxidation sites excluding steroid dienone is 1. The maximum atomic E-state index is 11.3. The summed E-state index contributed by atoms with van der Waals surface area (Å²) in [4.78, 5) is 11.3. The van der Waals surface area contributed by atoms with Crippen molar-refractivity contribution < 1.29 is 4.79 Å². The van der Waals surface area contributed by atoms with Gasteiger partial charge in [-0.15, -0.1) is 0 Å². The van der Waals surface area contributed by atoms with E-state index >= 15 is 0 Å². The van der Waals surface area contributed by atoms with Crippen molar-refractivity contribution in [3.8, 4) is 0 Å². The fraction of sp³-hybridized carbons (Fsp3) is 0.400. The molecule has 1 aromatic rings. The van der Waals surface area contributed by atoms with Crippen molar-refractivity contribution in [3.63, 3.8) is 0 Å². The molecular formula is C15H20N2O. The van der Waals surface area contributed by atoms with Crippen LogP contribution in [0, 0.1) is 0 Å². The van der Waals surface area contributed by atoms with E-state index in [1.165, 1.54) is 16.7 Å². The van der Waals surface area contributed by atoms with E-state index in [4.69, 9.17) is 5.73 Å². The highest BCUT2D eigenvalue weighted by atomic mass is 16.1. The zero-order chi connectivity index (χ0) is 12.8. The first kappa shape index (κ1) is 12.8. The largest absolute Gasteiger partial charge is 0.356 e. The van der Waals surface area contributed by atoms with Crippen LogP contribution in [0.3, 0.4) is 0 Å². The normalized spacial score (nSPS) is 13.7. The lowest BCUT2D eigenvalue weighted by Crippen LogP contribution is -2.26. The molecule has 0 saturated carbocycles. The van der Waals surface area contributed by atoms with E-state index in [0.717, 1.165) is 19.3 Å². The molecule has 1 aromatic carbocycles. The second kappa shape index (κ2) is 6.36. The molecule has 3 nitrogen and oxygen atoms in total. The Labute approximate surface area is 108 Å². The van der Waals surface area contributed by atoms with E-state index in [2.05, 4.69) is 35.7 Å². The van der Waals surface area contributed by atoms with Crippen molar-refractivity contribution in [3.05, 3.63) is 41.5 Å². The molecule has 1 amide bonds. The Balaban J connectivity index is 1.90. The van der Waals surface area contributed by atoms with Gasteiger partial charge in [0.1, 0.15) is 0 Å². The monoisotopic (exact) mass is 244 g/mol. The Kier molecular flexibility index (Phi) is 4.53. The second-order valence-electron chi connectivity index (χ2n) is 4.56. The van der Waals surface area contributed by atoms with Crippen molar-refractivity contribution in [2.75, 3.05) is 13.1 Å². The van der Waals surface area contributed by atoms with E-state index in [0.29, 0.717) is 19.5 Å². The molecule has 0 aromatic heterocycles. The zero-order valence-electron chi connectivity index (χ0n) is 10.6. The predicted octanol–water partition coefficient (Wildman–Crippen LogP) is 1.87. The third-order valence-corrected chi connectivity index (χ3v) is 3.26. The Hall–Kier alpha value is -1.61. The summed E-state index contributed by atoms with van der Waals surface area (Å²) in [7, 11) is 0. The van der Waals surface area contributed by atoms with Crippen LogP contribution in [0.2, 0.25) is 0 Å². The molecule has 0 fully saturated rings. The summed E-state index contributed by atoms with van der Waals surface area (Å²) in [5.74, 6) is 0.0437. The average molecular weight is 244 g/mol. The minimum absolute atomic E-state index is 0.0437. The Morgan fingerprint density at radius 2 is 2.17 bits per heavy atom. The molecule has 0 saturated heterocycles. The molecule has 2 rings (SSSR count). The van der Waals surface area contributed by atoms with E-state index in [-0.39, 0.29) is 5.91 Å². The zero-order valence-corrected chi connectivity index (χ0v) is 10.6. The maximum Gasteiger partial charge on any atom is 0.221 e. The second-order valence-corrected chi connectivity index (χ2v) is 4.56. The Bertz CT molecular complexity index is 452. The molecule has 0 unspecified atom stereocenters. The lowest BCUT2D eigenvalue weighted by atomic mass is 9.89. The lowest BCUT2D eigenvalue weighted by molar-refractivity contribution is -0.120. The van der Waals surface area contributed by atoms with Gasteiger partial charge in [0.2, 0.25) is 5.91 Å².